The van der Waals surface area contributed by atoms with Gasteiger partial charge in [-0.2, -0.15) is 0 Å². The number of likely N-dealkylation sites (tertiary alicyclic amines) is 1. The Morgan fingerprint density at radius 2 is 1.83 bits per heavy atom. The summed E-state index contributed by atoms with van der Waals surface area (Å²) >= 11 is 0. The van der Waals surface area contributed by atoms with Crippen molar-refractivity contribution in [1.82, 2.24) is 19.7 Å². The van der Waals surface area contributed by atoms with Crippen LogP contribution in [0.5, 0.6) is 5.75 Å². The average Bonchev–Trinajstić information content (AvgIpc) is 3.11. The fraction of sp³-hybridized carbons (Fsp3) is 0.438. The van der Waals surface area contributed by atoms with Crippen molar-refractivity contribution in [3.63, 3.8) is 0 Å². The third-order valence-corrected chi connectivity index (χ3v) is 3.81. The number of rotatable bonds is 5. The summed E-state index contributed by atoms with van der Waals surface area (Å²) in [6.07, 6.45) is 5.42. The number of hydrogen-bond acceptors (Lipinski definition) is 5. The second kappa shape index (κ2) is 9.61. The SMILES string of the molecule is Fc1ccccc1OC1CCN(CCn2cnnc2)CC1.O=CO. The Hall–Kier alpha value is -2.48. The van der Waals surface area contributed by atoms with Gasteiger partial charge in [-0.25, -0.2) is 4.39 Å². The van der Waals surface area contributed by atoms with Gasteiger partial charge in [0.2, 0.25) is 0 Å². The molecule has 0 unspecified atom stereocenters. The van der Waals surface area contributed by atoms with E-state index in [-0.39, 0.29) is 18.4 Å². The normalized spacial score (nSPS) is 15.4. The van der Waals surface area contributed by atoms with Gasteiger partial charge in [0.05, 0.1) is 0 Å². The van der Waals surface area contributed by atoms with Crippen molar-refractivity contribution in [2.45, 2.75) is 25.5 Å². The molecule has 1 aliphatic heterocycles. The van der Waals surface area contributed by atoms with Crippen molar-refractivity contribution < 1.29 is 19.0 Å². The monoisotopic (exact) mass is 336 g/mol. The number of nitrogens with zero attached hydrogens (tertiary/aromatic N) is 4. The van der Waals surface area contributed by atoms with Crippen LogP contribution in [-0.2, 0) is 11.3 Å². The van der Waals surface area contributed by atoms with Crippen molar-refractivity contribution in [2.75, 3.05) is 19.6 Å². The summed E-state index contributed by atoms with van der Waals surface area (Å²) in [5.74, 6) is 0.0768. The van der Waals surface area contributed by atoms with Gasteiger partial charge < -0.3 is 19.3 Å². The van der Waals surface area contributed by atoms with Crippen LogP contribution in [0.4, 0.5) is 4.39 Å². The smallest absolute Gasteiger partial charge is 0.290 e. The number of ether oxygens (including phenoxy) is 1. The zero-order chi connectivity index (χ0) is 17.2. The second-order valence-electron chi connectivity index (χ2n) is 5.39. The number of carboxylic acid groups (broad SMARTS) is 1. The maximum absolute atomic E-state index is 13.5. The number of aromatic nitrogens is 3. The maximum atomic E-state index is 13.5. The predicted molar refractivity (Wildman–Crippen MR) is 85.2 cm³/mol. The molecule has 1 fully saturated rings. The van der Waals surface area contributed by atoms with Gasteiger partial charge in [0.1, 0.15) is 18.8 Å². The molecule has 0 saturated carbocycles. The Labute approximate surface area is 139 Å². The fourth-order valence-corrected chi connectivity index (χ4v) is 2.57. The number of benzene rings is 1. The Balaban J connectivity index is 0.000000647. The third kappa shape index (κ3) is 5.62. The molecule has 24 heavy (non-hydrogen) atoms. The van der Waals surface area contributed by atoms with Crippen LogP contribution in [-0.4, -0.2) is 57.0 Å². The molecule has 1 aromatic heterocycles. The molecule has 1 aliphatic rings. The molecule has 8 heteroatoms. The van der Waals surface area contributed by atoms with E-state index in [2.05, 4.69) is 15.1 Å². The van der Waals surface area contributed by atoms with Gasteiger partial charge in [0.15, 0.2) is 11.6 Å². The quantitative estimate of drug-likeness (QED) is 0.837. The number of hydrogen-bond donors (Lipinski definition) is 1. The molecule has 130 valence electrons. The van der Waals surface area contributed by atoms with Gasteiger partial charge in [-0.15, -0.1) is 10.2 Å². The van der Waals surface area contributed by atoms with E-state index in [0.29, 0.717) is 5.75 Å². The van der Waals surface area contributed by atoms with E-state index in [1.807, 2.05) is 4.57 Å². The summed E-state index contributed by atoms with van der Waals surface area (Å²) in [6, 6.07) is 6.60. The lowest BCUT2D eigenvalue weighted by molar-refractivity contribution is -0.122. The van der Waals surface area contributed by atoms with E-state index in [1.54, 1.807) is 30.9 Å². The highest BCUT2D eigenvalue weighted by molar-refractivity contribution is 5.32. The van der Waals surface area contributed by atoms with E-state index in [9.17, 15) is 4.39 Å². The lowest BCUT2D eigenvalue weighted by Gasteiger charge is -2.32. The van der Waals surface area contributed by atoms with Crippen LogP contribution in [0.3, 0.4) is 0 Å². The van der Waals surface area contributed by atoms with E-state index < -0.39 is 0 Å². The predicted octanol–water partition coefficient (Wildman–Crippen LogP) is 1.66. The van der Waals surface area contributed by atoms with Crippen LogP contribution < -0.4 is 4.74 Å². The van der Waals surface area contributed by atoms with Gasteiger partial charge >= 0.3 is 0 Å². The van der Waals surface area contributed by atoms with Crippen molar-refractivity contribution in [3.05, 3.63) is 42.7 Å². The van der Waals surface area contributed by atoms with Crippen LogP contribution in [0, 0.1) is 5.82 Å². The average molecular weight is 336 g/mol. The van der Waals surface area contributed by atoms with Gasteiger partial charge in [0.25, 0.3) is 6.47 Å². The molecule has 7 nitrogen and oxygen atoms in total. The molecule has 1 N–H and O–H groups in total. The lowest BCUT2D eigenvalue weighted by atomic mass is 10.1. The summed E-state index contributed by atoms with van der Waals surface area (Å²) in [6.45, 7) is 3.57. The van der Waals surface area contributed by atoms with Crippen molar-refractivity contribution in [1.29, 1.82) is 0 Å². The Morgan fingerprint density at radius 3 is 2.46 bits per heavy atom. The standard InChI is InChI=1S/C15H19FN4O.CH2O2/c16-14-3-1-2-4-15(14)21-13-5-7-19(8-6-13)9-10-20-11-17-18-12-20;2-1-3/h1-4,11-13H,5-10H2;1H,(H,2,3). The van der Waals surface area contributed by atoms with E-state index >= 15 is 0 Å². The molecule has 0 aliphatic carbocycles. The van der Waals surface area contributed by atoms with Crippen LogP contribution in [0.1, 0.15) is 12.8 Å². The Morgan fingerprint density at radius 1 is 1.21 bits per heavy atom. The number of halogens is 1. The van der Waals surface area contributed by atoms with Crippen molar-refractivity contribution in [2.24, 2.45) is 0 Å². The molecule has 2 heterocycles. The first-order chi connectivity index (χ1) is 11.7. The van der Waals surface area contributed by atoms with Gasteiger partial charge in [-0.1, -0.05) is 12.1 Å². The van der Waals surface area contributed by atoms with E-state index in [1.165, 1.54) is 6.07 Å². The molecule has 1 aromatic carbocycles. The van der Waals surface area contributed by atoms with Gasteiger partial charge in [0, 0.05) is 26.2 Å². The van der Waals surface area contributed by atoms with Crippen LogP contribution in [0.15, 0.2) is 36.9 Å². The summed E-state index contributed by atoms with van der Waals surface area (Å²) in [5.41, 5.74) is 0. The molecular weight excluding hydrogens is 315 g/mol. The molecule has 1 saturated heterocycles. The Kier molecular flexibility index (Phi) is 7.16. The molecule has 0 bridgehead atoms. The van der Waals surface area contributed by atoms with Crippen LogP contribution in [0.25, 0.3) is 0 Å². The molecular formula is C16H21FN4O3. The van der Waals surface area contributed by atoms with E-state index in [4.69, 9.17) is 14.6 Å². The van der Waals surface area contributed by atoms with E-state index in [0.717, 1.165) is 39.0 Å². The summed E-state index contributed by atoms with van der Waals surface area (Å²) in [7, 11) is 0. The highest BCUT2D eigenvalue weighted by atomic mass is 19.1. The number of carbonyl (C=O) groups is 1. The Bertz CT molecular complexity index is 601. The summed E-state index contributed by atoms with van der Waals surface area (Å²) in [5, 5.41) is 14.5. The molecule has 0 spiro atoms. The van der Waals surface area contributed by atoms with Gasteiger partial charge in [-0.3, -0.25) is 4.79 Å². The topological polar surface area (TPSA) is 80.5 Å². The summed E-state index contributed by atoms with van der Waals surface area (Å²) < 4.78 is 21.3. The first-order valence-corrected chi connectivity index (χ1v) is 7.76. The van der Waals surface area contributed by atoms with Crippen molar-refractivity contribution in [3.8, 4) is 5.75 Å². The first-order valence-electron chi connectivity index (χ1n) is 7.76. The minimum absolute atomic E-state index is 0.105. The summed E-state index contributed by atoms with van der Waals surface area (Å²) in [4.78, 5) is 10.8. The zero-order valence-corrected chi connectivity index (χ0v) is 13.3. The fourth-order valence-electron chi connectivity index (χ4n) is 2.57. The minimum atomic E-state index is -0.285. The lowest BCUT2D eigenvalue weighted by Crippen LogP contribution is -2.39. The zero-order valence-electron chi connectivity index (χ0n) is 13.3. The molecule has 2 aromatic rings. The molecule has 0 radical (unpaired) electrons. The highest BCUT2D eigenvalue weighted by Gasteiger charge is 2.21. The highest BCUT2D eigenvalue weighted by Crippen LogP contribution is 2.21. The molecule has 0 atom stereocenters. The van der Waals surface area contributed by atoms with Crippen LogP contribution >= 0.6 is 0 Å². The number of piperidine rings is 1. The molecule has 0 amide bonds. The van der Waals surface area contributed by atoms with Gasteiger partial charge in [-0.05, 0) is 25.0 Å². The molecule has 3 rings (SSSR count). The maximum Gasteiger partial charge on any atom is 0.290 e. The number of para-hydroxylation sites is 1. The van der Waals surface area contributed by atoms with Crippen LogP contribution in [0.2, 0.25) is 0 Å². The van der Waals surface area contributed by atoms with Crippen molar-refractivity contribution >= 4 is 6.47 Å². The second-order valence-corrected chi connectivity index (χ2v) is 5.39. The first kappa shape index (κ1) is 17.9. The minimum Gasteiger partial charge on any atom is -0.487 e. The largest absolute Gasteiger partial charge is 0.487 e. The third-order valence-electron chi connectivity index (χ3n) is 3.81.